The smallest absolute Gasteiger partial charge is 0.269 e. The van der Waals surface area contributed by atoms with Gasteiger partial charge in [-0.2, -0.15) is 0 Å². The second kappa shape index (κ2) is 8.55. The molecule has 0 radical (unpaired) electrons. The van der Waals surface area contributed by atoms with Crippen molar-refractivity contribution < 1.29 is 10.0 Å². The third-order valence-electron chi connectivity index (χ3n) is 5.26. The molecule has 1 aromatic rings. The Morgan fingerprint density at radius 1 is 1.42 bits per heavy atom. The summed E-state index contributed by atoms with van der Waals surface area (Å²) in [7, 11) is 2.13. The first-order valence-electron chi connectivity index (χ1n) is 8.74. The Morgan fingerprint density at radius 2 is 2.08 bits per heavy atom. The number of benzene rings is 1. The Labute approximate surface area is 144 Å². The van der Waals surface area contributed by atoms with Crippen LogP contribution in [0.15, 0.2) is 18.2 Å². The first-order chi connectivity index (χ1) is 11.4. The lowest BCUT2D eigenvalue weighted by Crippen LogP contribution is -2.44. The normalized spacial score (nSPS) is 18.0. The number of non-ortho nitro benzene ring substituents is 1. The van der Waals surface area contributed by atoms with E-state index in [1.165, 1.54) is 0 Å². The molecule has 1 unspecified atom stereocenters. The lowest BCUT2D eigenvalue weighted by atomic mass is 9.96. The van der Waals surface area contributed by atoms with Crippen molar-refractivity contribution in [1.82, 2.24) is 9.80 Å². The van der Waals surface area contributed by atoms with Crippen LogP contribution in [0.25, 0.3) is 0 Å². The Bertz CT molecular complexity index is 556. The van der Waals surface area contributed by atoms with Gasteiger partial charge >= 0.3 is 0 Å². The van der Waals surface area contributed by atoms with Crippen LogP contribution in [-0.2, 0) is 0 Å². The zero-order chi connectivity index (χ0) is 17.7. The number of hydrogen-bond donors (Lipinski definition) is 1. The van der Waals surface area contributed by atoms with Gasteiger partial charge in [-0.1, -0.05) is 6.07 Å². The van der Waals surface area contributed by atoms with E-state index in [4.69, 9.17) is 5.11 Å². The summed E-state index contributed by atoms with van der Waals surface area (Å²) in [5.41, 5.74) is 2.33. The number of aryl methyl sites for hydroxylation is 1. The molecule has 134 valence electrons. The van der Waals surface area contributed by atoms with Crippen LogP contribution in [0.5, 0.6) is 0 Å². The second-order valence-corrected chi connectivity index (χ2v) is 6.80. The molecule has 6 heteroatoms. The third kappa shape index (κ3) is 4.53. The molecule has 1 aliphatic heterocycles. The summed E-state index contributed by atoms with van der Waals surface area (Å²) in [6.45, 7) is 7.33. The van der Waals surface area contributed by atoms with Crippen LogP contribution >= 0.6 is 0 Å². The molecule has 1 atom stereocenters. The van der Waals surface area contributed by atoms with Gasteiger partial charge in [0.25, 0.3) is 5.69 Å². The fraction of sp³-hybridized carbons (Fsp3) is 0.667. The number of aliphatic hydroxyl groups excluding tert-OH is 1. The van der Waals surface area contributed by atoms with Crippen molar-refractivity contribution in [3.8, 4) is 0 Å². The maximum absolute atomic E-state index is 11.0. The second-order valence-electron chi connectivity index (χ2n) is 6.80. The Morgan fingerprint density at radius 3 is 2.67 bits per heavy atom. The highest BCUT2D eigenvalue weighted by Crippen LogP contribution is 2.30. The van der Waals surface area contributed by atoms with E-state index in [0.29, 0.717) is 6.04 Å². The molecule has 0 amide bonds. The molecule has 1 N–H and O–H groups in total. The first kappa shape index (κ1) is 18.8. The summed E-state index contributed by atoms with van der Waals surface area (Å²) in [4.78, 5) is 15.5. The molecule has 1 heterocycles. The predicted octanol–water partition coefficient (Wildman–Crippen LogP) is 2.74. The summed E-state index contributed by atoms with van der Waals surface area (Å²) in [6, 6.07) is 5.90. The summed E-state index contributed by atoms with van der Waals surface area (Å²) in [5, 5.41) is 20.0. The number of nitrogens with zero attached hydrogens (tertiary/aromatic N) is 3. The van der Waals surface area contributed by atoms with Crippen LogP contribution in [0.4, 0.5) is 5.69 Å². The molecular weight excluding hydrogens is 306 g/mol. The van der Waals surface area contributed by atoms with E-state index in [0.717, 1.165) is 50.0 Å². The lowest BCUT2D eigenvalue weighted by molar-refractivity contribution is -0.385. The average Bonchev–Trinajstić information content (AvgIpc) is 2.59. The van der Waals surface area contributed by atoms with Gasteiger partial charge in [0.1, 0.15) is 0 Å². The van der Waals surface area contributed by atoms with E-state index in [9.17, 15) is 10.1 Å². The largest absolute Gasteiger partial charge is 0.396 e. The maximum atomic E-state index is 11.0. The van der Waals surface area contributed by atoms with E-state index in [-0.39, 0.29) is 23.3 Å². The highest BCUT2D eigenvalue weighted by atomic mass is 16.6. The van der Waals surface area contributed by atoms with Gasteiger partial charge in [-0.3, -0.25) is 15.0 Å². The van der Waals surface area contributed by atoms with Gasteiger partial charge in [-0.05, 0) is 51.3 Å². The number of piperidine rings is 1. The van der Waals surface area contributed by atoms with E-state index in [2.05, 4.69) is 23.8 Å². The number of aliphatic hydroxyl groups is 1. The van der Waals surface area contributed by atoms with Crippen LogP contribution < -0.4 is 0 Å². The summed E-state index contributed by atoms with van der Waals surface area (Å²) >= 11 is 0. The minimum atomic E-state index is -0.321. The molecule has 1 aromatic carbocycles. The van der Waals surface area contributed by atoms with Crippen molar-refractivity contribution in [1.29, 1.82) is 0 Å². The van der Waals surface area contributed by atoms with Gasteiger partial charge in [-0.15, -0.1) is 0 Å². The molecule has 0 bridgehead atoms. The van der Waals surface area contributed by atoms with Crippen molar-refractivity contribution in [2.24, 2.45) is 0 Å². The molecule has 0 saturated carbocycles. The molecule has 0 aromatic heterocycles. The van der Waals surface area contributed by atoms with Gasteiger partial charge in [0, 0.05) is 50.5 Å². The van der Waals surface area contributed by atoms with E-state index in [1.807, 2.05) is 13.0 Å². The van der Waals surface area contributed by atoms with Crippen molar-refractivity contribution in [3.63, 3.8) is 0 Å². The molecule has 2 rings (SSSR count). The van der Waals surface area contributed by atoms with Crippen molar-refractivity contribution in [2.45, 2.75) is 45.2 Å². The lowest BCUT2D eigenvalue weighted by Gasteiger charge is -2.39. The molecule has 1 aliphatic rings. The first-order valence-corrected chi connectivity index (χ1v) is 8.74. The van der Waals surface area contributed by atoms with Crippen molar-refractivity contribution in [2.75, 3.05) is 33.3 Å². The molecule has 1 fully saturated rings. The number of nitro groups is 1. The SMILES string of the molecule is Cc1ccc([N+](=O)[O-])cc1C(C)N1CCC(N(C)CCCO)CC1. The minimum absolute atomic E-state index is 0.168. The number of nitro benzene ring substituents is 1. The fourth-order valence-corrected chi connectivity index (χ4v) is 3.60. The Kier molecular flexibility index (Phi) is 6.71. The van der Waals surface area contributed by atoms with E-state index >= 15 is 0 Å². The zero-order valence-corrected chi connectivity index (χ0v) is 14.9. The van der Waals surface area contributed by atoms with Crippen LogP contribution in [-0.4, -0.2) is 59.2 Å². The van der Waals surface area contributed by atoms with E-state index in [1.54, 1.807) is 12.1 Å². The van der Waals surface area contributed by atoms with Crippen molar-refractivity contribution >= 4 is 5.69 Å². The quantitative estimate of drug-likeness (QED) is 0.613. The topological polar surface area (TPSA) is 69.9 Å². The van der Waals surface area contributed by atoms with Gasteiger partial charge in [0.15, 0.2) is 0 Å². The zero-order valence-electron chi connectivity index (χ0n) is 14.9. The van der Waals surface area contributed by atoms with E-state index < -0.39 is 0 Å². The standard InChI is InChI=1S/C18H29N3O3/c1-14-5-6-17(21(23)24)13-18(14)15(2)20-10-7-16(8-11-20)19(3)9-4-12-22/h5-6,13,15-16,22H,4,7-12H2,1-3H3. The summed E-state index contributed by atoms with van der Waals surface area (Å²) in [6.07, 6.45) is 3.01. The fourth-order valence-electron chi connectivity index (χ4n) is 3.60. The molecule has 0 spiro atoms. The number of rotatable bonds is 7. The van der Waals surface area contributed by atoms with Gasteiger partial charge in [0.2, 0.25) is 0 Å². The third-order valence-corrected chi connectivity index (χ3v) is 5.26. The predicted molar refractivity (Wildman–Crippen MR) is 95.2 cm³/mol. The highest BCUT2D eigenvalue weighted by Gasteiger charge is 2.26. The van der Waals surface area contributed by atoms with Gasteiger partial charge < -0.3 is 10.0 Å². The van der Waals surface area contributed by atoms with Crippen LogP contribution in [0.3, 0.4) is 0 Å². The Hall–Kier alpha value is -1.50. The maximum Gasteiger partial charge on any atom is 0.269 e. The van der Waals surface area contributed by atoms with Gasteiger partial charge in [-0.25, -0.2) is 0 Å². The monoisotopic (exact) mass is 335 g/mol. The molecule has 24 heavy (non-hydrogen) atoms. The number of likely N-dealkylation sites (tertiary alicyclic amines) is 1. The molecule has 0 aliphatic carbocycles. The molecular formula is C18H29N3O3. The summed E-state index contributed by atoms with van der Waals surface area (Å²) in [5.74, 6) is 0. The molecule has 6 nitrogen and oxygen atoms in total. The van der Waals surface area contributed by atoms with Crippen LogP contribution in [0.2, 0.25) is 0 Å². The van der Waals surface area contributed by atoms with Crippen LogP contribution in [0.1, 0.15) is 43.4 Å². The summed E-state index contributed by atoms with van der Waals surface area (Å²) < 4.78 is 0. The average molecular weight is 335 g/mol. The minimum Gasteiger partial charge on any atom is -0.396 e. The van der Waals surface area contributed by atoms with Crippen LogP contribution in [0, 0.1) is 17.0 Å². The van der Waals surface area contributed by atoms with Crippen molar-refractivity contribution in [3.05, 3.63) is 39.4 Å². The molecule has 1 saturated heterocycles. The Balaban J connectivity index is 1.99. The number of hydrogen-bond acceptors (Lipinski definition) is 5. The van der Waals surface area contributed by atoms with Gasteiger partial charge in [0.05, 0.1) is 4.92 Å². The highest BCUT2D eigenvalue weighted by molar-refractivity contribution is 5.40.